The molecule has 0 unspecified atom stereocenters. The van der Waals surface area contributed by atoms with Crippen molar-refractivity contribution in [1.29, 1.82) is 0 Å². The SMILES string of the molecule is C1=Cc2cnc(-n3ccc4ccncc43)cc2C=CC1.CC. The number of pyridine rings is 2. The normalized spacial score (nSPS) is 12.5. The zero-order valence-electron chi connectivity index (χ0n) is 12.9. The van der Waals surface area contributed by atoms with Gasteiger partial charge in [-0.25, -0.2) is 4.98 Å². The van der Waals surface area contributed by atoms with Gasteiger partial charge >= 0.3 is 0 Å². The van der Waals surface area contributed by atoms with Gasteiger partial charge in [0.25, 0.3) is 0 Å². The van der Waals surface area contributed by atoms with E-state index in [9.17, 15) is 0 Å². The van der Waals surface area contributed by atoms with Crippen LogP contribution in [0.15, 0.2) is 55.1 Å². The van der Waals surface area contributed by atoms with E-state index in [4.69, 9.17) is 0 Å². The molecule has 0 atom stereocenters. The Morgan fingerprint density at radius 2 is 1.82 bits per heavy atom. The van der Waals surface area contributed by atoms with Gasteiger partial charge in [-0.2, -0.15) is 0 Å². The maximum atomic E-state index is 4.58. The Bertz CT molecular complexity index is 841. The maximum absolute atomic E-state index is 4.58. The van der Waals surface area contributed by atoms with E-state index in [1.54, 1.807) is 0 Å². The average molecular weight is 289 g/mol. The monoisotopic (exact) mass is 289 g/mol. The highest BCUT2D eigenvalue weighted by Crippen LogP contribution is 2.22. The number of allylic oxidation sites excluding steroid dienone is 2. The van der Waals surface area contributed by atoms with E-state index in [0.29, 0.717) is 0 Å². The van der Waals surface area contributed by atoms with Gasteiger partial charge in [-0.15, -0.1) is 0 Å². The lowest BCUT2D eigenvalue weighted by Crippen LogP contribution is -1.97. The van der Waals surface area contributed by atoms with Crippen molar-refractivity contribution in [1.82, 2.24) is 14.5 Å². The summed E-state index contributed by atoms with van der Waals surface area (Å²) in [6, 6.07) is 6.21. The second-order valence-corrected chi connectivity index (χ2v) is 4.83. The second kappa shape index (κ2) is 6.39. The van der Waals surface area contributed by atoms with E-state index in [1.807, 2.05) is 44.7 Å². The number of rotatable bonds is 1. The van der Waals surface area contributed by atoms with Crippen molar-refractivity contribution in [3.05, 3.63) is 66.3 Å². The minimum Gasteiger partial charge on any atom is -0.300 e. The third-order valence-electron chi connectivity index (χ3n) is 3.56. The summed E-state index contributed by atoms with van der Waals surface area (Å²) in [4.78, 5) is 8.78. The van der Waals surface area contributed by atoms with Crippen LogP contribution in [0.5, 0.6) is 0 Å². The van der Waals surface area contributed by atoms with E-state index in [0.717, 1.165) is 23.3 Å². The average Bonchev–Trinajstić information content (AvgIpc) is 2.87. The van der Waals surface area contributed by atoms with Crippen LogP contribution in [0, 0.1) is 0 Å². The molecule has 3 aromatic heterocycles. The first-order valence-electron chi connectivity index (χ1n) is 7.66. The number of hydrogen-bond acceptors (Lipinski definition) is 2. The quantitative estimate of drug-likeness (QED) is 0.639. The molecule has 3 heterocycles. The fourth-order valence-corrected chi connectivity index (χ4v) is 2.53. The fraction of sp³-hybridized carbons (Fsp3) is 0.158. The van der Waals surface area contributed by atoms with Crippen LogP contribution in [0.25, 0.3) is 28.9 Å². The molecule has 3 nitrogen and oxygen atoms in total. The number of aromatic nitrogens is 3. The molecule has 4 rings (SSSR count). The third kappa shape index (κ3) is 2.58. The van der Waals surface area contributed by atoms with Crippen LogP contribution >= 0.6 is 0 Å². The maximum Gasteiger partial charge on any atom is 0.137 e. The van der Waals surface area contributed by atoms with Crippen molar-refractivity contribution in [2.24, 2.45) is 0 Å². The van der Waals surface area contributed by atoms with Gasteiger partial charge in [0.2, 0.25) is 0 Å². The summed E-state index contributed by atoms with van der Waals surface area (Å²) in [6.45, 7) is 4.00. The van der Waals surface area contributed by atoms with Gasteiger partial charge in [0, 0.05) is 24.0 Å². The summed E-state index contributed by atoms with van der Waals surface area (Å²) in [5.41, 5.74) is 3.44. The van der Waals surface area contributed by atoms with Crippen LogP contribution in [-0.2, 0) is 0 Å². The molecule has 1 aliphatic carbocycles. The molecule has 0 saturated carbocycles. The molecule has 0 aliphatic heterocycles. The first-order chi connectivity index (χ1) is 10.9. The molecule has 0 amide bonds. The van der Waals surface area contributed by atoms with Crippen molar-refractivity contribution in [3.8, 4) is 5.82 Å². The molecule has 0 radical (unpaired) electrons. The Kier molecular flexibility index (Phi) is 4.15. The largest absolute Gasteiger partial charge is 0.300 e. The number of fused-ring (bicyclic) bond motifs is 2. The van der Waals surface area contributed by atoms with Gasteiger partial charge in [0.15, 0.2) is 0 Å². The number of hydrogen-bond donors (Lipinski definition) is 0. The summed E-state index contributed by atoms with van der Waals surface area (Å²) >= 11 is 0. The molecular formula is C19H19N3. The smallest absolute Gasteiger partial charge is 0.137 e. The van der Waals surface area contributed by atoms with E-state index in [2.05, 4.69) is 51.0 Å². The highest BCUT2D eigenvalue weighted by atomic mass is 15.1. The van der Waals surface area contributed by atoms with Crippen molar-refractivity contribution in [2.75, 3.05) is 0 Å². The van der Waals surface area contributed by atoms with Gasteiger partial charge in [0.1, 0.15) is 5.82 Å². The van der Waals surface area contributed by atoms with Gasteiger partial charge < -0.3 is 0 Å². The standard InChI is InChI=1S/C17H13N3.C2H6/c1-2-4-14-10-17(19-11-15(14)5-3-1)20-9-7-13-6-8-18-12-16(13)20;1-2/h2-12H,1H2;1-2H3. The van der Waals surface area contributed by atoms with Gasteiger partial charge in [0.05, 0.1) is 11.7 Å². The lowest BCUT2D eigenvalue weighted by atomic mass is 10.1. The first kappa shape index (κ1) is 14.3. The Morgan fingerprint density at radius 1 is 1.00 bits per heavy atom. The van der Waals surface area contributed by atoms with Crippen LogP contribution < -0.4 is 0 Å². The van der Waals surface area contributed by atoms with Crippen molar-refractivity contribution >= 4 is 23.1 Å². The highest BCUT2D eigenvalue weighted by Gasteiger charge is 2.07. The van der Waals surface area contributed by atoms with Crippen LogP contribution in [0.3, 0.4) is 0 Å². The lowest BCUT2D eigenvalue weighted by Gasteiger charge is -2.07. The van der Waals surface area contributed by atoms with Crippen molar-refractivity contribution < 1.29 is 0 Å². The van der Waals surface area contributed by atoms with Crippen LogP contribution in [0.2, 0.25) is 0 Å². The lowest BCUT2D eigenvalue weighted by molar-refractivity contribution is 1.04. The Labute approximate surface area is 130 Å². The topological polar surface area (TPSA) is 30.7 Å². The molecular weight excluding hydrogens is 270 g/mol. The molecule has 0 bridgehead atoms. The number of nitrogens with zero attached hydrogens (tertiary/aromatic N) is 3. The zero-order valence-corrected chi connectivity index (χ0v) is 12.9. The molecule has 110 valence electrons. The highest BCUT2D eigenvalue weighted by molar-refractivity contribution is 5.81. The summed E-state index contributed by atoms with van der Waals surface area (Å²) in [7, 11) is 0. The van der Waals surface area contributed by atoms with Crippen molar-refractivity contribution in [3.63, 3.8) is 0 Å². The van der Waals surface area contributed by atoms with E-state index in [1.165, 1.54) is 10.9 Å². The van der Waals surface area contributed by atoms with E-state index in [-0.39, 0.29) is 0 Å². The third-order valence-corrected chi connectivity index (χ3v) is 3.56. The minimum absolute atomic E-state index is 0.923. The molecule has 22 heavy (non-hydrogen) atoms. The molecule has 1 aliphatic rings. The minimum atomic E-state index is 0.923. The summed E-state index contributed by atoms with van der Waals surface area (Å²) in [6.07, 6.45) is 17.2. The molecule has 3 aromatic rings. The fourth-order valence-electron chi connectivity index (χ4n) is 2.53. The predicted molar refractivity (Wildman–Crippen MR) is 92.9 cm³/mol. The molecule has 3 heteroatoms. The zero-order chi connectivity index (χ0) is 15.4. The Hall–Kier alpha value is -2.68. The summed E-state index contributed by atoms with van der Waals surface area (Å²) < 4.78 is 2.07. The van der Waals surface area contributed by atoms with Crippen LogP contribution in [0.1, 0.15) is 31.4 Å². The second-order valence-electron chi connectivity index (χ2n) is 4.83. The molecule has 0 N–H and O–H groups in total. The first-order valence-corrected chi connectivity index (χ1v) is 7.66. The van der Waals surface area contributed by atoms with Crippen LogP contribution in [0.4, 0.5) is 0 Å². The van der Waals surface area contributed by atoms with Gasteiger partial charge in [-0.3, -0.25) is 9.55 Å². The Morgan fingerprint density at radius 3 is 2.68 bits per heavy atom. The van der Waals surface area contributed by atoms with Gasteiger partial charge in [-0.1, -0.05) is 38.2 Å². The van der Waals surface area contributed by atoms with E-state index < -0.39 is 0 Å². The molecule has 0 saturated heterocycles. The van der Waals surface area contributed by atoms with E-state index >= 15 is 0 Å². The summed E-state index contributed by atoms with van der Waals surface area (Å²) in [5.74, 6) is 0.923. The van der Waals surface area contributed by atoms with Gasteiger partial charge in [-0.05, 0) is 35.7 Å². The summed E-state index contributed by atoms with van der Waals surface area (Å²) in [5, 5.41) is 1.17. The molecule has 0 fully saturated rings. The molecule has 0 spiro atoms. The van der Waals surface area contributed by atoms with Crippen LogP contribution in [-0.4, -0.2) is 14.5 Å². The Balaban J connectivity index is 0.000000693. The van der Waals surface area contributed by atoms with Crippen molar-refractivity contribution in [2.45, 2.75) is 20.3 Å². The molecule has 0 aromatic carbocycles. The predicted octanol–water partition coefficient (Wildman–Crippen LogP) is 4.88.